The number of nitrogens with zero attached hydrogens (tertiary/aromatic N) is 6. The third kappa shape index (κ3) is 7.78. The SMILES string of the molecule is Cn1nnc(N(Cc2cc(C(F)(F)F)cc(C(F)(F)F)c2)Cc2cc(C(F)(F)F)ccc2C(c2ccccc2)N2CCOCC2)n1. The first-order valence-corrected chi connectivity index (χ1v) is 13.9. The third-order valence-electron chi connectivity index (χ3n) is 7.45. The highest BCUT2D eigenvalue weighted by Crippen LogP contribution is 2.39. The Bertz CT molecular complexity index is 1600. The number of ether oxygens (including phenoxy) is 1. The first-order chi connectivity index (χ1) is 21.6. The van der Waals surface area contributed by atoms with Crippen molar-refractivity contribution in [2.75, 3.05) is 31.2 Å². The molecule has 1 atom stereocenters. The quantitative estimate of drug-likeness (QED) is 0.192. The lowest BCUT2D eigenvalue weighted by Crippen LogP contribution is -2.40. The zero-order valence-corrected chi connectivity index (χ0v) is 24.2. The van der Waals surface area contributed by atoms with Gasteiger partial charge < -0.3 is 9.64 Å². The molecule has 1 aliphatic rings. The fourth-order valence-corrected chi connectivity index (χ4v) is 5.38. The fourth-order valence-electron chi connectivity index (χ4n) is 5.38. The molecule has 1 aromatic heterocycles. The summed E-state index contributed by atoms with van der Waals surface area (Å²) in [4.78, 5) is 4.25. The summed E-state index contributed by atoms with van der Waals surface area (Å²) in [7, 11) is 1.39. The van der Waals surface area contributed by atoms with Crippen LogP contribution in [-0.2, 0) is 43.4 Å². The maximum absolute atomic E-state index is 14.0. The molecule has 3 aromatic carbocycles. The summed E-state index contributed by atoms with van der Waals surface area (Å²) in [6, 6.07) is 12.8. The Labute approximate surface area is 257 Å². The summed E-state index contributed by atoms with van der Waals surface area (Å²) >= 11 is 0. The van der Waals surface area contributed by atoms with Crippen molar-refractivity contribution in [2.45, 2.75) is 37.7 Å². The normalized spacial score (nSPS) is 15.6. The number of hydrogen-bond acceptors (Lipinski definition) is 6. The van der Waals surface area contributed by atoms with Crippen LogP contribution in [0.5, 0.6) is 0 Å². The van der Waals surface area contributed by atoms with Crippen molar-refractivity contribution in [3.8, 4) is 0 Å². The van der Waals surface area contributed by atoms with Crippen LogP contribution in [0.25, 0.3) is 0 Å². The van der Waals surface area contributed by atoms with Crippen molar-refractivity contribution in [3.05, 3.63) is 106 Å². The minimum atomic E-state index is -5.10. The summed E-state index contributed by atoms with van der Waals surface area (Å²) in [5.41, 5.74) is -3.11. The van der Waals surface area contributed by atoms with E-state index in [9.17, 15) is 39.5 Å². The van der Waals surface area contributed by atoms with Crippen LogP contribution in [0.15, 0.2) is 66.7 Å². The van der Waals surface area contributed by atoms with Gasteiger partial charge in [0.1, 0.15) is 0 Å². The lowest BCUT2D eigenvalue weighted by molar-refractivity contribution is -0.143. The van der Waals surface area contributed by atoms with E-state index in [1.54, 1.807) is 18.2 Å². The first kappa shape index (κ1) is 33.2. The maximum Gasteiger partial charge on any atom is 0.416 e. The van der Waals surface area contributed by atoms with E-state index in [0.717, 1.165) is 22.5 Å². The van der Waals surface area contributed by atoms with Gasteiger partial charge in [-0.3, -0.25) is 4.90 Å². The van der Waals surface area contributed by atoms with Crippen molar-refractivity contribution in [3.63, 3.8) is 0 Å². The molecule has 5 rings (SSSR count). The Morgan fingerprint density at radius 2 is 1.37 bits per heavy atom. The highest BCUT2D eigenvalue weighted by atomic mass is 19.4. The van der Waals surface area contributed by atoms with Crippen LogP contribution in [0.4, 0.5) is 45.5 Å². The molecule has 0 spiro atoms. The summed E-state index contributed by atoms with van der Waals surface area (Å²) in [5, 5.41) is 11.7. The van der Waals surface area contributed by atoms with Gasteiger partial charge in [0.15, 0.2) is 0 Å². The Morgan fingerprint density at radius 1 is 0.761 bits per heavy atom. The largest absolute Gasteiger partial charge is 0.416 e. The molecule has 0 saturated carbocycles. The molecule has 1 saturated heterocycles. The number of tetrazole rings is 1. The molecule has 1 fully saturated rings. The zero-order valence-electron chi connectivity index (χ0n) is 24.2. The molecular weight excluding hydrogens is 631 g/mol. The number of halogens is 9. The molecule has 7 nitrogen and oxygen atoms in total. The number of alkyl halides is 9. The molecule has 2 heterocycles. The topological polar surface area (TPSA) is 59.3 Å². The number of anilines is 1. The van der Waals surface area contributed by atoms with E-state index in [1.807, 2.05) is 17.0 Å². The van der Waals surface area contributed by atoms with Crippen LogP contribution in [0, 0.1) is 0 Å². The maximum atomic E-state index is 14.0. The van der Waals surface area contributed by atoms with Crippen LogP contribution in [0.3, 0.4) is 0 Å². The van der Waals surface area contributed by atoms with Gasteiger partial charge in [-0.05, 0) is 57.8 Å². The second kappa shape index (κ2) is 12.9. The van der Waals surface area contributed by atoms with Crippen molar-refractivity contribution in [2.24, 2.45) is 7.05 Å². The average molecular weight is 659 g/mol. The summed E-state index contributed by atoms with van der Waals surface area (Å²) < 4.78 is 129. The molecule has 1 unspecified atom stereocenters. The predicted molar refractivity (Wildman–Crippen MR) is 147 cm³/mol. The van der Waals surface area contributed by atoms with Gasteiger partial charge in [0.25, 0.3) is 5.95 Å². The van der Waals surface area contributed by atoms with Gasteiger partial charge in [0.05, 0.1) is 43.0 Å². The highest BCUT2D eigenvalue weighted by molar-refractivity contribution is 5.44. The monoisotopic (exact) mass is 658 g/mol. The standard InChI is InChI=1S/C30H27F9N6O/c1-43-41-27(40-42-43)45(17-19-13-23(29(34,35)36)16-24(14-19)30(37,38)39)18-21-15-22(28(31,32)33)7-8-25(21)26(20-5-3-2-4-6-20)44-9-11-46-12-10-44/h2-8,13-16,26H,9-12,17-18H2,1H3. The summed E-state index contributed by atoms with van der Waals surface area (Å²) in [6.07, 6.45) is -14.9. The fraction of sp³-hybridized carbons (Fsp3) is 0.367. The lowest BCUT2D eigenvalue weighted by atomic mass is 9.91. The Balaban J connectivity index is 1.64. The molecule has 0 amide bonds. The van der Waals surface area contributed by atoms with E-state index >= 15 is 0 Å². The van der Waals surface area contributed by atoms with Crippen molar-refractivity contribution in [1.29, 1.82) is 0 Å². The number of morpholine rings is 1. The minimum absolute atomic E-state index is 0.00606. The number of hydrogen-bond donors (Lipinski definition) is 0. The van der Waals surface area contributed by atoms with E-state index < -0.39 is 59.9 Å². The molecule has 246 valence electrons. The minimum Gasteiger partial charge on any atom is -0.379 e. The number of benzene rings is 3. The number of rotatable bonds is 8. The third-order valence-corrected chi connectivity index (χ3v) is 7.45. The number of aromatic nitrogens is 4. The van der Waals surface area contributed by atoms with Crippen molar-refractivity contribution < 1.29 is 44.3 Å². The van der Waals surface area contributed by atoms with Crippen LogP contribution in [0.1, 0.15) is 45.0 Å². The molecule has 4 aromatic rings. The van der Waals surface area contributed by atoms with Gasteiger partial charge in [-0.1, -0.05) is 41.5 Å². The summed E-state index contributed by atoms with van der Waals surface area (Å²) in [6.45, 7) is 0.663. The van der Waals surface area contributed by atoms with Gasteiger partial charge in [0, 0.05) is 26.2 Å². The van der Waals surface area contributed by atoms with Gasteiger partial charge in [-0.2, -0.15) is 44.3 Å². The Hall–Kier alpha value is -4.18. The molecule has 16 heteroatoms. The van der Waals surface area contributed by atoms with Gasteiger partial charge in [-0.15, -0.1) is 5.10 Å². The Kier molecular flexibility index (Phi) is 9.31. The molecular formula is C30H27F9N6O. The smallest absolute Gasteiger partial charge is 0.379 e. The van der Waals surface area contributed by atoms with Crippen molar-refractivity contribution >= 4 is 5.95 Å². The van der Waals surface area contributed by atoms with E-state index in [0.29, 0.717) is 44.0 Å². The molecule has 0 bridgehead atoms. The summed E-state index contributed by atoms with van der Waals surface area (Å²) in [5.74, 6) is -0.209. The highest BCUT2D eigenvalue weighted by Gasteiger charge is 2.38. The van der Waals surface area contributed by atoms with Crippen molar-refractivity contribution in [1.82, 2.24) is 25.1 Å². The first-order valence-electron chi connectivity index (χ1n) is 13.9. The second-order valence-electron chi connectivity index (χ2n) is 10.7. The molecule has 1 aliphatic heterocycles. The van der Waals surface area contributed by atoms with Gasteiger partial charge in [-0.25, -0.2) is 0 Å². The van der Waals surface area contributed by atoms with E-state index in [4.69, 9.17) is 4.74 Å². The molecule has 0 radical (unpaired) electrons. The van der Waals surface area contributed by atoms with Crippen LogP contribution in [-0.4, -0.2) is 51.4 Å². The zero-order chi connectivity index (χ0) is 33.3. The molecule has 0 aliphatic carbocycles. The van der Waals surface area contributed by atoms with E-state index in [-0.39, 0.29) is 17.6 Å². The predicted octanol–water partition coefficient (Wildman–Crippen LogP) is 6.89. The average Bonchev–Trinajstić information content (AvgIpc) is 3.43. The van der Waals surface area contributed by atoms with E-state index in [2.05, 4.69) is 15.4 Å². The van der Waals surface area contributed by atoms with Gasteiger partial charge >= 0.3 is 18.5 Å². The van der Waals surface area contributed by atoms with Crippen LogP contribution < -0.4 is 4.90 Å². The van der Waals surface area contributed by atoms with Crippen LogP contribution in [0.2, 0.25) is 0 Å². The molecule has 0 N–H and O–H groups in total. The Morgan fingerprint density at radius 3 is 1.91 bits per heavy atom. The van der Waals surface area contributed by atoms with Gasteiger partial charge in [0.2, 0.25) is 0 Å². The van der Waals surface area contributed by atoms with Crippen LogP contribution >= 0.6 is 0 Å². The second-order valence-corrected chi connectivity index (χ2v) is 10.7. The molecule has 46 heavy (non-hydrogen) atoms. The van der Waals surface area contributed by atoms with E-state index in [1.165, 1.54) is 18.0 Å². The number of aryl methyl sites for hydroxylation is 1. The lowest BCUT2D eigenvalue weighted by Gasteiger charge is -2.37.